The van der Waals surface area contributed by atoms with Gasteiger partial charge in [0.15, 0.2) is 16.6 Å². The molecule has 1 atom stereocenters. The first kappa shape index (κ1) is 21.8. The van der Waals surface area contributed by atoms with Gasteiger partial charge in [-0.1, -0.05) is 23.7 Å². The van der Waals surface area contributed by atoms with Crippen molar-refractivity contribution in [3.05, 3.63) is 64.3 Å². The molecule has 0 radical (unpaired) electrons. The van der Waals surface area contributed by atoms with Gasteiger partial charge in [0.1, 0.15) is 0 Å². The molecule has 0 unspecified atom stereocenters. The average Bonchev–Trinajstić information content (AvgIpc) is 2.67. The molecule has 0 spiro atoms. The smallest absolute Gasteiger partial charge is 0.387 e. The number of anilines is 1. The Morgan fingerprint density at radius 3 is 2.67 bits per heavy atom. The first-order chi connectivity index (χ1) is 14.3. The summed E-state index contributed by atoms with van der Waals surface area (Å²) in [5.74, 6) is -0.390. The third-order valence-electron chi connectivity index (χ3n) is 4.33. The Balaban J connectivity index is 1.96. The Morgan fingerprint density at radius 1 is 1.23 bits per heavy atom. The van der Waals surface area contributed by atoms with Crippen LogP contribution in [0.2, 0.25) is 5.02 Å². The molecule has 2 aromatic rings. The lowest BCUT2D eigenvalue weighted by Gasteiger charge is -2.30. The molecule has 30 heavy (non-hydrogen) atoms. The minimum Gasteiger partial charge on any atom is -0.493 e. The summed E-state index contributed by atoms with van der Waals surface area (Å²) in [6, 6.07) is 10.5. The van der Waals surface area contributed by atoms with Gasteiger partial charge >= 0.3 is 6.61 Å². The van der Waals surface area contributed by atoms with Gasteiger partial charge in [-0.15, -0.1) is 0 Å². The quantitative estimate of drug-likeness (QED) is 0.564. The van der Waals surface area contributed by atoms with Crippen molar-refractivity contribution in [2.45, 2.75) is 19.6 Å². The van der Waals surface area contributed by atoms with Gasteiger partial charge in [0.25, 0.3) is 5.91 Å². The second kappa shape index (κ2) is 9.27. The number of alkyl halides is 2. The Kier molecular flexibility index (Phi) is 6.73. The van der Waals surface area contributed by atoms with E-state index in [2.05, 4.69) is 20.7 Å². The van der Waals surface area contributed by atoms with Crippen LogP contribution in [0.4, 0.5) is 14.5 Å². The molecule has 0 aliphatic carbocycles. The molecule has 0 fully saturated rings. The van der Waals surface area contributed by atoms with Gasteiger partial charge in [-0.2, -0.15) is 8.78 Å². The third kappa shape index (κ3) is 4.98. The lowest BCUT2D eigenvalue weighted by molar-refractivity contribution is -0.113. The normalized spacial score (nSPS) is 16.1. The van der Waals surface area contributed by atoms with Gasteiger partial charge in [-0.05, 0) is 55.0 Å². The highest BCUT2D eigenvalue weighted by atomic mass is 35.5. The Morgan fingerprint density at radius 2 is 2.00 bits per heavy atom. The fraction of sp³-hybridized carbons (Fsp3) is 0.200. The number of nitrogens with one attached hydrogen (secondary N) is 3. The summed E-state index contributed by atoms with van der Waals surface area (Å²) in [6.45, 7) is -1.27. The molecule has 10 heteroatoms. The molecule has 1 heterocycles. The number of hydrogen-bond acceptors (Lipinski definition) is 4. The van der Waals surface area contributed by atoms with E-state index in [1.54, 1.807) is 37.3 Å². The second-order valence-electron chi connectivity index (χ2n) is 6.32. The van der Waals surface area contributed by atoms with Crippen LogP contribution in [0.5, 0.6) is 11.5 Å². The number of allylic oxidation sites excluding steroid dienone is 1. The van der Waals surface area contributed by atoms with Gasteiger partial charge in [-0.25, -0.2) is 0 Å². The zero-order chi connectivity index (χ0) is 21.8. The summed E-state index contributed by atoms with van der Waals surface area (Å²) in [5.41, 5.74) is 2.02. The maximum Gasteiger partial charge on any atom is 0.387 e. The fourth-order valence-electron chi connectivity index (χ4n) is 3.07. The lowest BCUT2D eigenvalue weighted by atomic mass is 9.94. The van der Waals surface area contributed by atoms with E-state index >= 15 is 0 Å². The molecule has 2 aromatic carbocycles. The van der Waals surface area contributed by atoms with E-state index in [0.717, 1.165) is 0 Å². The summed E-state index contributed by atoms with van der Waals surface area (Å²) < 4.78 is 34.9. The van der Waals surface area contributed by atoms with Gasteiger partial charge in [0, 0.05) is 16.4 Å². The molecule has 0 saturated heterocycles. The molecular formula is C20H18ClF2N3O3S. The molecule has 1 amide bonds. The highest BCUT2D eigenvalue weighted by Gasteiger charge is 2.30. The van der Waals surface area contributed by atoms with E-state index < -0.39 is 12.7 Å². The molecule has 3 rings (SSSR count). The zero-order valence-corrected chi connectivity index (χ0v) is 17.5. The first-order valence-electron chi connectivity index (χ1n) is 8.76. The minimum atomic E-state index is -2.99. The monoisotopic (exact) mass is 453 g/mol. The highest BCUT2D eigenvalue weighted by Crippen LogP contribution is 2.35. The molecule has 158 valence electrons. The SMILES string of the molecule is COc1cc([C@H]2NC(=S)NC(C)=C2C(=O)Nc2cccc(Cl)c2)ccc1OC(F)F. The van der Waals surface area contributed by atoms with Gasteiger partial charge in [0.2, 0.25) is 0 Å². The Hall–Kier alpha value is -2.91. The first-order valence-corrected chi connectivity index (χ1v) is 9.55. The third-order valence-corrected chi connectivity index (χ3v) is 4.79. The van der Waals surface area contributed by atoms with E-state index in [4.69, 9.17) is 28.6 Å². The summed E-state index contributed by atoms with van der Waals surface area (Å²) in [4.78, 5) is 13.1. The van der Waals surface area contributed by atoms with Crippen LogP contribution in [0.15, 0.2) is 53.7 Å². The Bertz CT molecular complexity index is 1020. The van der Waals surface area contributed by atoms with Crippen molar-refractivity contribution in [1.82, 2.24) is 10.6 Å². The number of thiocarbonyl (C=S) groups is 1. The minimum absolute atomic E-state index is 0.103. The van der Waals surface area contributed by atoms with Crippen LogP contribution in [0.3, 0.4) is 0 Å². The molecule has 0 aromatic heterocycles. The maximum atomic E-state index is 13.1. The van der Waals surface area contributed by atoms with E-state index in [1.165, 1.54) is 19.2 Å². The summed E-state index contributed by atoms with van der Waals surface area (Å²) in [7, 11) is 1.34. The number of ether oxygens (including phenoxy) is 2. The van der Waals surface area contributed by atoms with Crippen molar-refractivity contribution in [2.24, 2.45) is 0 Å². The molecule has 3 N–H and O–H groups in total. The van der Waals surface area contributed by atoms with Gasteiger partial charge in [0.05, 0.1) is 18.7 Å². The van der Waals surface area contributed by atoms with E-state index in [0.29, 0.717) is 32.7 Å². The van der Waals surface area contributed by atoms with Crippen molar-refractivity contribution in [3.63, 3.8) is 0 Å². The number of halogens is 3. The standard InChI is InChI=1S/C20H18ClF2N3O3S/c1-10-16(18(27)25-13-5-3-4-12(21)9-13)17(26-20(30)24-10)11-6-7-14(29-19(22)23)15(8-11)28-2/h3-9,17,19H,1-2H3,(H,25,27)(H2,24,26,30)/t17-/m1/s1. The van der Waals surface area contributed by atoms with E-state index in [9.17, 15) is 13.6 Å². The van der Waals surface area contributed by atoms with Crippen LogP contribution in [0.25, 0.3) is 0 Å². The van der Waals surface area contributed by atoms with E-state index in [1.807, 2.05) is 0 Å². The van der Waals surface area contributed by atoms with Crippen LogP contribution in [-0.4, -0.2) is 24.7 Å². The topological polar surface area (TPSA) is 71.6 Å². The van der Waals surface area contributed by atoms with Crippen molar-refractivity contribution in [1.29, 1.82) is 0 Å². The molecular weight excluding hydrogens is 436 g/mol. The molecule has 1 aliphatic rings. The van der Waals surface area contributed by atoms with Crippen molar-refractivity contribution in [3.8, 4) is 11.5 Å². The molecule has 6 nitrogen and oxygen atoms in total. The lowest BCUT2D eigenvalue weighted by Crippen LogP contribution is -2.45. The van der Waals surface area contributed by atoms with Crippen molar-refractivity contribution in [2.75, 3.05) is 12.4 Å². The summed E-state index contributed by atoms with van der Waals surface area (Å²) >= 11 is 11.2. The van der Waals surface area contributed by atoms with Crippen LogP contribution in [-0.2, 0) is 4.79 Å². The Labute approximate surface area is 182 Å². The number of benzene rings is 2. The van der Waals surface area contributed by atoms with Gasteiger partial charge in [-0.3, -0.25) is 4.79 Å². The molecule has 1 aliphatic heterocycles. The van der Waals surface area contributed by atoms with Crippen molar-refractivity contribution < 1.29 is 23.0 Å². The van der Waals surface area contributed by atoms with Crippen LogP contribution >= 0.6 is 23.8 Å². The highest BCUT2D eigenvalue weighted by molar-refractivity contribution is 7.80. The number of methoxy groups -OCH3 is 1. The van der Waals surface area contributed by atoms with E-state index in [-0.39, 0.29) is 17.4 Å². The number of rotatable bonds is 6. The fourth-order valence-corrected chi connectivity index (χ4v) is 3.53. The van der Waals surface area contributed by atoms with Crippen LogP contribution in [0.1, 0.15) is 18.5 Å². The largest absolute Gasteiger partial charge is 0.493 e. The maximum absolute atomic E-state index is 13.1. The predicted octanol–water partition coefficient (Wildman–Crippen LogP) is 4.38. The summed E-state index contributed by atoms with van der Waals surface area (Å²) in [5, 5.41) is 9.57. The second-order valence-corrected chi connectivity index (χ2v) is 7.17. The number of carbonyl (C=O) groups is 1. The summed E-state index contributed by atoms with van der Waals surface area (Å²) in [6.07, 6.45) is 0. The molecule has 0 saturated carbocycles. The number of carbonyl (C=O) groups excluding carboxylic acids is 1. The van der Waals surface area contributed by atoms with Gasteiger partial charge < -0.3 is 25.4 Å². The number of amides is 1. The van der Waals surface area contributed by atoms with Crippen LogP contribution < -0.4 is 25.4 Å². The zero-order valence-electron chi connectivity index (χ0n) is 16.0. The van der Waals surface area contributed by atoms with Crippen molar-refractivity contribution >= 4 is 40.5 Å². The average molecular weight is 454 g/mol. The van der Waals surface area contributed by atoms with Crippen LogP contribution in [0, 0.1) is 0 Å². The predicted molar refractivity (Wildman–Crippen MR) is 114 cm³/mol. The molecule has 0 bridgehead atoms. The number of hydrogen-bond donors (Lipinski definition) is 3.